The van der Waals surface area contributed by atoms with E-state index < -0.39 is 29.5 Å². The Morgan fingerprint density at radius 3 is 2.48 bits per heavy atom. The molecule has 0 aliphatic rings. The normalized spacial score (nSPS) is 12.0. The average Bonchev–Trinajstić information content (AvgIpc) is 2.98. The summed E-state index contributed by atoms with van der Waals surface area (Å²) in [5.41, 5.74) is 0.691. The van der Waals surface area contributed by atoms with Crippen molar-refractivity contribution in [1.82, 2.24) is 5.32 Å². The van der Waals surface area contributed by atoms with E-state index in [1.807, 2.05) is 30.3 Å². The first-order valence-corrected chi connectivity index (χ1v) is 7.57. The molecule has 7 heteroatoms. The van der Waals surface area contributed by atoms with Gasteiger partial charge in [-0.2, -0.15) is 0 Å². The molecule has 0 saturated carbocycles. The minimum absolute atomic E-state index is 0.0230. The Morgan fingerprint density at radius 1 is 1.16 bits per heavy atom. The van der Waals surface area contributed by atoms with Crippen LogP contribution in [0.25, 0.3) is 11.0 Å². The van der Waals surface area contributed by atoms with Crippen LogP contribution in [0.5, 0.6) is 5.75 Å². The number of para-hydroxylation sites is 1. The van der Waals surface area contributed by atoms with E-state index in [0.29, 0.717) is 11.3 Å². The van der Waals surface area contributed by atoms with Crippen molar-refractivity contribution in [2.45, 2.75) is 13.0 Å². The van der Waals surface area contributed by atoms with Crippen molar-refractivity contribution < 1.29 is 22.7 Å². The van der Waals surface area contributed by atoms with Gasteiger partial charge in [-0.25, -0.2) is 13.6 Å². The Balaban J connectivity index is 1.69. The van der Waals surface area contributed by atoms with Crippen LogP contribution in [0.2, 0.25) is 0 Å². The molecule has 0 saturated heterocycles. The Labute approximate surface area is 142 Å². The van der Waals surface area contributed by atoms with Crippen molar-refractivity contribution in [2.24, 2.45) is 0 Å². The van der Waals surface area contributed by atoms with Gasteiger partial charge in [-0.05, 0) is 19.1 Å². The lowest BCUT2D eigenvalue weighted by molar-refractivity contribution is 0.248. The summed E-state index contributed by atoms with van der Waals surface area (Å²) in [6.07, 6.45) is 0. The molecule has 2 aromatic carbocycles. The summed E-state index contributed by atoms with van der Waals surface area (Å²) in [6.45, 7) is 1.74. The van der Waals surface area contributed by atoms with E-state index in [9.17, 15) is 13.6 Å². The fraction of sp³-hybridized carbons (Fsp3) is 0.167. The Hall–Kier alpha value is -3.09. The van der Waals surface area contributed by atoms with Crippen LogP contribution in [0, 0.1) is 11.6 Å². The van der Waals surface area contributed by atoms with E-state index in [2.05, 4.69) is 15.4 Å². The highest BCUT2D eigenvalue weighted by Crippen LogP contribution is 2.26. The van der Waals surface area contributed by atoms with Gasteiger partial charge in [0.15, 0.2) is 17.4 Å². The first-order chi connectivity index (χ1) is 12.0. The lowest BCUT2D eigenvalue weighted by atomic mass is 10.2. The van der Waals surface area contributed by atoms with E-state index in [1.165, 1.54) is 0 Å². The third-order valence-corrected chi connectivity index (χ3v) is 3.68. The highest BCUT2D eigenvalue weighted by molar-refractivity contribution is 5.89. The zero-order chi connectivity index (χ0) is 18.0. The number of nitrogens with one attached hydrogen (secondary N) is 2. The van der Waals surface area contributed by atoms with E-state index in [-0.39, 0.29) is 5.69 Å². The van der Waals surface area contributed by atoms with Crippen LogP contribution < -0.4 is 15.4 Å². The summed E-state index contributed by atoms with van der Waals surface area (Å²) < 4.78 is 37.6. The topological polar surface area (TPSA) is 63.5 Å². The summed E-state index contributed by atoms with van der Waals surface area (Å²) in [7, 11) is 1.16. The highest BCUT2D eigenvalue weighted by atomic mass is 19.1. The lowest BCUT2D eigenvalue weighted by Gasteiger charge is -2.13. The molecule has 1 heterocycles. The van der Waals surface area contributed by atoms with Crippen molar-refractivity contribution in [3.8, 4) is 5.75 Å². The predicted octanol–water partition coefficient (Wildman–Crippen LogP) is 4.60. The third kappa shape index (κ3) is 3.55. The molecular weight excluding hydrogens is 330 g/mol. The van der Waals surface area contributed by atoms with Gasteiger partial charge in [0.2, 0.25) is 0 Å². The molecule has 3 rings (SSSR count). The second-order valence-corrected chi connectivity index (χ2v) is 5.48. The molecule has 1 unspecified atom stereocenters. The third-order valence-electron chi connectivity index (χ3n) is 3.68. The molecule has 2 amide bonds. The van der Waals surface area contributed by atoms with Gasteiger partial charge in [0.05, 0.1) is 13.2 Å². The van der Waals surface area contributed by atoms with Crippen LogP contribution in [-0.2, 0) is 0 Å². The van der Waals surface area contributed by atoms with Crippen molar-refractivity contribution in [3.63, 3.8) is 0 Å². The second-order valence-electron chi connectivity index (χ2n) is 5.48. The van der Waals surface area contributed by atoms with Crippen LogP contribution in [0.1, 0.15) is 18.7 Å². The summed E-state index contributed by atoms with van der Waals surface area (Å²) >= 11 is 0. The minimum Gasteiger partial charge on any atom is -0.491 e. The molecular formula is C18H16F2N2O3. The number of furan rings is 1. The largest absolute Gasteiger partial charge is 0.491 e. The number of halogens is 2. The van der Waals surface area contributed by atoms with Gasteiger partial charge >= 0.3 is 6.03 Å². The maximum atomic E-state index is 13.7. The van der Waals surface area contributed by atoms with Crippen molar-refractivity contribution >= 4 is 22.7 Å². The number of benzene rings is 2. The number of rotatable bonds is 4. The molecule has 0 aliphatic heterocycles. The van der Waals surface area contributed by atoms with Gasteiger partial charge in [0, 0.05) is 23.2 Å². The first kappa shape index (κ1) is 16.8. The number of hydrogen-bond donors (Lipinski definition) is 2. The van der Waals surface area contributed by atoms with Crippen molar-refractivity contribution in [2.75, 3.05) is 12.4 Å². The molecule has 0 aliphatic carbocycles. The molecule has 3 aromatic rings. The number of ether oxygens (including phenoxy) is 1. The number of carbonyl (C=O) groups excluding carboxylic acids is 1. The number of anilines is 1. The highest BCUT2D eigenvalue weighted by Gasteiger charge is 2.16. The zero-order valence-corrected chi connectivity index (χ0v) is 13.6. The van der Waals surface area contributed by atoms with Gasteiger partial charge in [0.1, 0.15) is 11.3 Å². The maximum Gasteiger partial charge on any atom is 0.319 e. The molecule has 130 valence electrons. The molecule has 1 atom stereocenters. The number of amides is 2. The molecule has 0 bridgehead atoms. The zero-order valence-electron chi connectivity index (χ0n) is 13.6. The van der Waals surface area contributed by atoms with Gasteiger partial charge in [-0.15, -0.1) is 0 Å². The molecule has 1 aromatic heterocycles. The quantitative estimate of drug-likeness (QED) is 0.725. The summed E-state index contributed by atoms with van der Waals surface area (Å²) in [5, 5.41) is 5.96. The molecule has 0 spiro atoms. The summed E-state index contributed by atoms with van der Waals surface area (Å²) in [4.78, 5) is 12.0. The van der Waals surface area contributed by atoms with E-state index in [4.69, 9.17) is 4.42 Å². The monoisotopic (exact) mass is 346 g/mol. The van der Waals surface area contributed by atoms with Gasteiger partial charge < -0.3 is 19.8 Å². The van der Waals surface area contributed by atoms with Crippen LogP contribution in [0.15, 0.2) is 46.9 Å². The van der Waals surface area contributed by atoms with Crippen LogP contribution in [0.3, 0.4) is 0 Å². The fourth-order valence-corrected chi connectivity index (χ4v) is 2.48. The lowest BCUT2D eigenvalue weighted by Crippen LogP contribution is -2.31. The average molecular weight is 346 g/mol. The number of urea groups is 1. The molecule has 0 radical (unpaired) electrons. The summed E-state index contributed by atoms with van der Waals surface area (Å²) in [5.74, 6) is -1.73. The molecule has 2 N–H and O–H groups in total. The first-order valence-electron chi connectivity index (χ1n) is 7.57. The number of fused-ring (bicyclic) bond motifs is 1. The molecule has 5 nitrogen and oxygen atoms in total. The Morgan fingerprint density at radius 2 is 1.84 bits per heavy atom. The molecule has 25 heavy (non-hydrogen) atoms. The Bertz CT molecular complexity index is 868. The smallest absolute Gasteiger partial charge is 0.319 e. The number of hydrogen-bond acceptors (Lipinski definition) is 3. The summed E-state index contributed by atoms with van der Waals surface area (Å²) in [6, 6.07) is 10.2. The van der Waals surface area contributed by atoms with Gasteiger partial charge in [0.25, 0.3) is 0 Å². The Kier molecular flexibility index (Phi) is 4.56. The second kappa shape index (κ2) is 6.80. The van der Waals surface area contributed by atoms with E-state index in [1.54, 1.807) is 6.92 Å². The van der Waals surface area contributed by atoms with Crippen LogP contribution in [-0.4, -0.2) is 13.1 Å². The fourth-order valence-electron chi connectivity index (χ4n) is 2.48. The SMILES string of the molecule is COc1c(F)cc(NC(=O)NC(C)c2cc3ccccc3o2)cc1F. The molecule has 0 fully saturated rings. The van der Waals surface area contributed by atoms with Crippen molar-refractivity contribution in [1.29, 1.82) is 0 Å². The van der Waals surface area contributed by atoms with E-state index in [0.717, 1.165) is 24.6 Å². The van der Waals surface area contributed by atoms with Crippen molar-refractivity contribution in [3.05, 3.63) is 59.9 Å². The van der Waals surface area contributed by atoms with Gasteiger partial charge in [-0.3, -0.25) is 0 Å². The van der Waals surface area contributed by atoms with E-state index >= 15 is 0 Å². The number of methoxy groups -OCH3 is 1. The number of carbonyl (C=O) groups is 1. The predicted molar refractivity (Wildman–Crippen MR) is 89.7 cm³/mol. The standard InChI is InChI=1S/C18H16F2N2O3/c1-10(16-7-11-5-3-4-6-15(11)25-16)21-18(23)22-12-8-13(19)17(24-2)14(20)9-12/h3-10H,1-2H3,(H2,21,22,23). The maximum absolute atomic E-state index is 13.7. The van der Waals surface area contributed by atoms with Gasteiger partial charge in [-0.1, -0.05) is 18.2 Å². The van der Waals surface area contributed by atoms with Crippen LogP contribution in [0.4, 0.5) is 19.3 Å². The minimum atomic E-state index is -0.900. The van der Waals surface area contributed by atoms with Crippen LogP contribution >= 0.6 is 0 Å².